The summed E-state index contributed by atoms with van der Waals surface area (Å²) in [6.07, 6.45) is 0. The maximum atomic E-state index is 12.0. The number of carbonyl (C=O) groups is 2. The van der Waals surface area contributed by atoms with Crippen molar-refractivity contribution < 1.29 is 28.3 Å². The highest BCUT2D eigenvalue weighted by Crippen LogP contribution is 2.28. The van der Waals surface area contributed by atoms with Crippen LogP contribution >= 0.6 is 0 Å². The van der Waals surface area contributed by atoms with E-state index in [0.717, 1.165) is 0 Å². The third-order valence-corrected chi connectivity index (χ3v) is 2.93. The van der Waals surface area contributed by atoms with Crippen LogP contribution in [0.15, 0.2) is 28.8 Å². The van der Waals surface area contributed by atoms with Crippen molar-refractivity contribution in [2.24, 2.45) is 0 Å². The zero-order valence-corrected chi connectivity index (χ0v) is 13.6. The number of nitrogens with one attached hydrogen (secondary N) is 1. The number of amides is 1. The first kappa shape index (κ1) is 17.3. The van der Waals surface area contributed by atoms with Gasteiger partial charge in [0.1, 0.15) is 5.76 Å². The molecule has 1 amide bonds. The second-order valence-electron chi connectivity index (χ2n) is 4.75. The average molecular weight is 334 g/mol. The summed E-state index contributed by atoms with van der Waals surface area (Å²) in [5.41, 5.74) is 0.254. The SMILES string of the molecule is CCOc1cc(C(=O)OCC(=O)Nc2cc(C)on2)ccc1OC. The lowest BCUT2D eigenvalue weighted by atomic mass is 10.2. The van der Waals surface area contributed by atoms with Gasteiger partial charge in [0.15, 0.2) is 23.9 Å². The third-order valence-electron chi connectivity index (χ3n) is 2.93. The number of aromatic nitrogens is 1. The number of benzene rings is 1. The Balaban J connectivity index is 1.94. The van der Waals surface area contributed by atoms with Gasteiger partial charge in [-0.1, -0.05) is 5.16 Å². The van der Waals surface area contributed by atoms with Crippen molar-refractivity contribution in [2.45, 2.75) is 13.8 Å². The molecule has 8 heteroatoms. The lowest BCUT2D eigenvalue weighted by Gasteiger charge is -2.10. The second kappa shape index (κ2) is 8.00. The summed E-state index contributed by atoms with van der Waals surface area (Å²) >= 11 is 0. The highest BCUT2D eigenvalue weighted by Gasteiger charge is 2.14. The van der Waals surface area contributed by atoms with Crippen molar-refractivity contribution in [3.8, 4) is 11.5 Å². The first-order valence-electron chi connectivity index (χ1n) is 7.24. The number of hydrogen-bond donors (Lipinski definition) is 1. The molecule has 0 unspecified atom stereocenters. The van der Waals surface area contributed by atoms with Gasteiger partial charge in [0.05, 0.1) is 19.3 Å². The maximum Gasteiger partial charge on any atom is 0.338 e. The molecule has 2 rings (SSSR count). The van der Waals surface area contributed by atoms with Crippen LogP contribution in [0.1, 0.15) is 23.0 Å². The van der Waals surface area contributed by atoms with Gasteiger partial charge in [-0.2, -0.15) is 0 Å². The number of hydrogen-bond acceptors (Lipinski definition) is 7. The van der Waals surface area contributed by atoms with Crippen LogP contribution < -0.4 is 14.8 Å². The highest BCUT2D eigenvalue weighted by molar-refractivity contribution is 5.95. The summed E-state index contributed by atoms with van der Waals surface area (Å²) in [5.74, 6) is 0.588. The minimum Gasteiger partial charge on any atom is -0.493 e. The Morgan fingerprint density at radius 2 is 2.04 bits per heavy atom. The van der Waals surface area contributed by atoms with E-state index in [4.69, 9.17) is 18.7 Å². The Kier molecular flexibility index (Phi) is 5.78. The normalized spacial score (nSPS) is 10.1. The van der Waals surface area contributed by atoms with E-state index in [2.05, 4.69) is 10.5 Å². The molecule has 0 spiro atoms. The van der Waals surface area contributed by atoms with Crippen LogP contribution in [0.25, 0.3) is 0 Å². The molecule has 0 bridgehead atoms. The van der Waals surface area contributed by atoms with Crippen LogP contribution in [0.5, 0.6) is 11.5 Å². The summed E-state index contributed by atoms with van der Waals surface area (Å²) in [7, 11) is 1.51. The largest absolute Gasteiger partial charge is 0.493 e. The minimum atomic E-state index is -0.648. The van der Waals surface area contributed by atoms with Gasteiger partial charge < -0.3 is 24.1 Å². The molecule has 0 fully saturated rings. The molecule has 1 aromatic carbocycles. The fourth-order valence-electron chi connectivity index (χ4n) is 1.89. The van der Waals surface area contributed by atoms with E-state index in [-0.39, 0.29) is 11.4 Å². The molecular formula is C16H18N2O6. The predicted octanol–water partition coefficient (Wildman–Crippen LogP) is 2.19. The summed E-state index contributed by atoms with van der Waals surface area (Å²) in [6.45, 7) is 3.50. The minimum absolute atomic E-state index is 0.254. The van der Waals surface area contributed by atoms with E-state index in [1.165, 1.54) is 19.2 Å². The molecule has 0 saturated carbocycles. The fraction of sp³-hybridized carbons (Fsp3) is 0.312. The third kappa shape index (κ3) is 4.48. The topological polar surface area (TPSA) is 99.9 Å². The lowest BCUT2D eigenvalue weighted by Crippen LogP contribution is -2.21. The van der Waals surface area contributed by atoms with Crippen molar-refractivity contribution in [1.82, 2.24) is 5.16 Å². The Bertz CT molecular complexity index is 725. The number of ether oxygens (including phenoxy) is 3. The molecule has 1 N–H and O–H groups in total. The van der Waals surface area contributed by atoms with E-state index in [0.29, 0.717) is 23.9 Å². The van der Waals surface area contributed by atoms with Gasteiger partial charge in [-0.05, 0) is 32.0 Å². The molecular weight excluding hydrogens is 316 g/mol. The van der Waals surface area contributed by atoms with Crippen molar-refractivity contribution >= 4 is 17.7 Å². The van der Waals surface area contributed by atoms with Crippen LogP contribution in [-0.2, 0) is 9.53 Å². The Hall–Kier alpha value is -3.03. The number of anilines is 1. The second-order valence-corrected chi connectivity index (χ2v) is 4.75. The van der Waals surface area contributed by atoms with Crippen molar-refractivity contribution in [3.63, 3.8) is 0 Å². The quantitative estimate of drug-likeness (QED) is 0.775. The lowest BCUT2D eigenvalue weighted by molar-refractivity contribution is -0.119. The maximum absolute atomic E-state index is 12.0. The first-order chi connectivity index (χ1) is 11.5. The van der Waals surface area contributed by atoms with Crippen LogP contribution in [0.3, 0.4) is 0 Å². The predicted molar refractivity (Wildman–Crippen MR) is 84.3 cm³/mol. The Morgan fingerprint density at radius 3 is 2.67 bits per heavy atom. The van der Waals surface area contributed by atoms with Gasteiger partial charge in [-0.25, -0.2) is 4.79 Å². The summed E-state index contributed by atoms with van der Waals surface area (Å²) in [6, 6.07) is 6.18. The molecule has 24 heavy (non-hydrogen) atoms. The van der Waals surface area contributed by atoms with E-state index >= 15 is 0 Å². The smallest absolute Gasteiger partial charge is 0.338 e. The van der Waals surface area contributed by atoms with Gasteiger partial charge in [0.2, 0.25) is 0 Å². The molecule has 1 aromatic heterocycles. The first-order valence-corrected chi connectivity index (χ1v) is 7.24. The van der Waals surface area contributed by atoms with Gasteiger partial charge in [0.25, 0.3) is 5.91 Å². The van der Waals surface area contributed by atoms with Crippen LogP contribution in [0.4, 0.5) is 5.82 Å². The number of nitrogens with zero attached hydrogens (tertiary/aromatic N) is 1. The van der Waals surface area contributed by atoms with Crippen LogP contribution in [-0.4, -0.2) is 37.4 Å². The molecule has 128 valence electrons. The number of methoxy groups -OCH3 is 1. The van der Waals surface area contributed by atoms with Gasteiger partial charge >= 0.3 is 5.97 Å². The summed E-state index contributed by atoms with van der Waals surface area (Å²) in [5, 5.41) is 6.07. The van der Waals surface area contributed by atoms with E-state index < -0.39 is 18.5 Å². The molecule has 8 nitrogen and oxygen atoms in total. The number of esters is 1. The van der Waals surface area contributed by atoms with Crippen molar-refractivity contribution in [1.29, 1.82) is 0 Å². The highest BCUT2D eigenvalue weighted by atomic mass is 16.5. The monoisotopic (exact) mass is 334 g/mol. The van der Waals surface area contributed by atoms with Crippen molar-refractivity contribution in [2.75, 3.05) is 25.6 Å². The molecule has 1 heterocycles. The standard InChI is InChI=1S/C16H18N2O6/c1-4-22-13-8-11(5-6-12(13)21-3)16(20)23-9-15(19)17-14-7-10(2)24-18-14/h5-8H,4,9H2,1-3H3,(H,17,18,19). The molecule has 2 aromatic rings. The molecule has 0 aliphatic rings. The summed E-state index contributed by atoms with van der Waals surface area (Å²) in [4.78, 5) is 23.7. The Labute approximate surface area is 138 Å². The van der Waals surface area contributed by atoms with E-state index in [1.807, 2.05) is 6.92 Å². The van der Waals surface area contributed by atoms with Gasteiger partial charge in [-0.3, -0.25) is 4.79 Å². The zero-order chi connectivity index (χ0) is 17.5. The molecule has 0 aliphatic heterocycles. The van der Waals surface area contributed by atoms with Gasteiger partial charge in [0, 0.05) is 6.07 Å². The number of carbonyl (C=O) groups excluding carboxylic acids is 2. The summed E-state index contributed by atoms with van der Waals surface area (Å²) < 4.78 is 20.3. The van der Waals surface area contributed by atoms with Crippen LogP contribution in [0.2, 0.25) is 0 Å². The van der Waals surface area contributed by atoms with Gasteiger partial charge in [-0.15, -0.1) is 0 Å². The number of rotatable bonds is 7. The van der Waals surface area contributed by atoms with E-state index in [9.17, 15) is 9.59 Å². The molecule has 0 saturated heterocycles. The average Bonchev–Trinajstić information content (AvgIpc) is 2.97. The zero-order valence-electron chi connectivity index (χ0n) is 13.6. The number of aryl methyl sites for hydroxylation is 1. The molecule has 0 aliphatic carbocycles. The van der Waals surface area contributed by atoms with Crippen molar-refractivity contribution in [3.05, 3.63) is 35.6 Å². The molecule has 0 atom stereocenters. The van der Waals surface area contributed by atoms with E-state index in [1.54, 1.807) is 19.1 Å². The Morgan fingerprint density at radius 1 is 1.25 bits per heavy atom. The van der Waals surface area contributed by atoms with Crippen LogP contribution in [0, 0.1) is 6.92 Å². The fourth-order valence-corrected chi connectivity index (χ4v) is 1.89. The molecule has 0 radical (unpaired) electrons.